The molecule has 0 atom stereocenters. The second-order valence-electron chi connectivity index (χ2n) is 3.33. The van der Waals surface area contributed by atoms with E-state index >= 15 is 0 Å². The Morgan fingerprint density at radius 2 is 2.12 bits per heavy atom. The first-order valence-electron chi connectivity index (χ1n) is 4.73. The van der Waals surface area contributed by atoms with Gasteiger partial charge in [-0.3, -0.25) is 0 Å². The first-order valence-corrected chi connectivity index (χ1v) is 5.55. The van der Waals surface area contributed by atoms with E-state index in [2.05, 4.69) is 4.98 Å². The van der Waals surface area contributed by atoms with E-state index in [1.54, 1.807) is 0 Å². The molecule has 0 fully saturated rings. The molecule has 16 heavy (non-hydrogen) atoms. The maximum absolute atomic E-state index is 13.5. The predicted molar refractivity (Wildman–Crippen MR) is 60.1 cm³/mol. The number of nitrogens with two attached hydrogens (primary N) is 1. The summed E-state index contributed by atoms with van der Waals surface area (Å²) < 4.78 is 26.6. The molecule has 84 valence electrons. The third-order valence-corrected chi connectivity index (χ3v) is 3.17. The fourth-order valence-electron chi connectivity index (χ4n) is 1.50. The Morgan fingerprint density at radius 1 is 1.38 bits per heavy atom. The van der Waals surface area contributed by atoms with Gasteiger partial charge < -0.3 is 5.73 Å². The van der Waals surface area contributed by atoms with Gasteiger partial charge in [0.1, 0.15) is 11.6 Å². The molecule has 0 bridgehead atoms. The zero-order chi connectivity index (χ0) is 11.7. The van der Waals surface area contributed by atoms with E-state index < -0.39 is 11.6 Å². The molecule has 1 heterocycles. The number of nitrogens with zero attached hydrogens (tertiary/aromatic N) is 1. The van der Waals surface area contributed by atoms with Crippen LogP contribution in [0.5, 0.6) is 0 Å². The summed E-state index contributed by atoms with van der Waals surface area (Å²) in [6, 6.07) is 3.32. The minimum absolute atomic E-state index is 0.171. The van der Waals surface area contributed by atoms with Crippen molar-refractivity contribution in [1.29, 1.82) is 0 Å². The van der Waals surface area contributed by atoms with Crippen LogP contribution in [0.4, 0.5) is 8.78 Å². The maximum Gasteiger partial charge on any atom is 0.132 e. The lowest BCUT2D eigenvalue weighted by molar-refractivity contribution is 0.602. The molecule has 0 amide bonds. The minimum atomic E-state index is -0.485. The Labute approximate surface area is 95.7 Å². The number of benzene rings is 1. The van der Waals surface area contributed by atoms with Crippen LogP contribution in [0, 0.1) is 18.6 Å². The van der Waals surface area contributed by atoms with Crippen LogP contribution < -0.4 is 5.73 Å². The van der Waals surface area contributed by atoms with Gasteiger partial charge in [0.2, 0.25) is 0 Å². The summed E-state index contributed by atoms with van der Waals surface area (Å²) in [5, 5.41) is 0.791. The van der Waals surface area contributed by atoms with Crippen LogP contribution in [0.3, 0.4) is 0 Å². The van der Waals surface area contributed by atoms with Crippen molar-refractivity contribution in [3.8, 4) is 11.3 Å². The Morgan fingerprint density at radius 3 is 2.81 bits per heavy atom. The van der Waals surface area contributed by atoms with E-state index in [1.165, 1.54) is 11.3 Å². The van der Waals surface area contributed by atoms with E-state index in [0.29, 0.717) is 5.69 Å². The van der Waals surface area contributed by atoms with Crippen molar-refractivity contribution in [2.24, 2.45) is 5.73 Å². The summed E-state index contributed by atoms with van der Waals surface area (Å²) >= 11 is 1.40. The monoisotopic (exact) mass is 240 g/mol. The zero-order valence-electron chi connectivity index (χ0n) is 8.63. The van der Waals surface area contributed by atoms with Crippen molar-refractivity contribution in [3.05, 3.63) is 39.7 Å². The highest BCUT2D eigenvalue weighted by atomic mass is 32.1. The highest BCUT2D eigenvalue weighted by Crippen LogP contribution is 2.29. The van der Waals surface area contributed by atoms with Crippen molar-refractivity contribution in [2.75, 3.05) is 0 Å². The third-order valence-electron chi connectivity index (χ3n) is 2.17. The number of aromatic nitrogens is 1. The van der Waals surface area contributed by atoms with Crippen LogP contribution in [-0.4, -0.2) is 4.98 Å². The standard InChI is InChI=1S/C11H10F2N2S/c1-6-15-11(10(5-14)16-6)8-4-7(12)2-3-9(8)13/h2-4H,5,14H2,1H3. The second-order valence-corrected chi connectivity index (χ2v) is 4.62. The molecule has 0 spiro atoms. The second kappa shape index (κ2) is 4.27. The number of hydrogen-bond acceptors (Lipinski definition) is 3. The smallest absolute Gasteiger partial charge is 0.132 e. The minimum Gasteiger partial charge on any atom is -0.326 e. The Balaban J connectivity index is 2.61. The van der Waals surface area contributed by atoms with Gasteiger partial charge in [-0.2, -0.15) is 0 Å². The van der Waals surface area contributed by atoms with Gasteiger partial charge in [0.05, 0.1) is 10.7 Å². The summed E-state index contributed by atoms with van der Waals surface area (Å²) in [5.41, 5.74) is 6.16. The quantitative estimate of drug-likeness (QED) is 0.876. The van der Waals surface area contributed by atoms with Gasteiger partial charge in [0, 0.05) is 17.0 Å². The van der Waals surface area contributed by atoms with Crippen molar-refractivity contribution >= 4 is 11.3 Å². The van der Waals surface area contributed by atoms with Crippen LogP contribution in [0.2, 0.25) is 0 Å². The van der Waals surface area contributed by atoms with Crippen molar-refractivity contribution in [1.82, 2.24) is 4.98 Å². The lowest BCUT2D eigenvalue weighted by atomic mass is 10.1. The summed E-state index contributed by atoms with van der Waals surface area (Å²) in [6.07, 6.45) is 0. The number of halogens is 2. The fraction of sp³-hybridized carbons (Fsp3) is 0.182. The van der Waals surface area contributed by atoms with Gasteiger partial charge in [-0.05, 0) is 25.1 Å². The highest BCUT2D eigenvalue weighted by Gasteiger charge is 2.14. The Hall–Kier alpha value is -1.33. The van der Waals surface area contributed by atoms with Gasteiger partial charge in [0.15, 0.2) is 0 Å². The molecule has 0 aliphatic carbocycles. The molecule has 0 aliphatic heterocycles. The summed E-state index contributed by atoms with van der Waals surface area (Å²) in [7, 11) is 0. The molecule has 1 aromatic heterocycles. The molecular formula is C11H10F2N2S. The van der Waals surface area contributed by atoms with Crippen LogP contribution in [-0.2, 0) is 6.54 Å². The maximum atomic E-state index is 13.5. The van der Waals surface area contributed by atoms with Crippen LogP contribution in [0.25, 0.3) is 11.3 Å². The van der Waals surface area contributed by atoms with E-state index in [1.807, 2.05) is 6.92 Å². The Kier molecular flexibility index (Phi) is 2.98. The molecule has 1 aromatic carbocycles. The molecule has 2 nitrogen and oxygen atoms in total. The van der Waals surface area contributed by atoms with E-state index in [4.69, 9.17) is 5.73 Å². The van der Waals surface area contributed by atoms with Crippen LogP contribution in [0.15, 0.2) is 18.2 Å². The molecule has 0 saturated heterocycles. The molecule has 2 rings (SSSR count). The first kappa shape index (κ1) is 11.2. The van der Waals surface area contributed by atoms with E-state index in [-0.39, 0.29) is 12.1 Å². The fourth-order valence-corrected chi connectivity index (χ4v) is 2.33. The molecule has 2 aromatic rings. The molecule has 0 radical (unpaired) electrons. The molecular weight excluding hydrogens is 230 g/mol. The average molecular weight is 240 g/mol. The van der Waals surface area contributed by atoms with Gasteiger partial charge >= 0.3 is 0 Å². The number of hydrogen-bond donors (Lipinski definition) is 1. The summed E-state index contributed by atoms with van der Waals surface area (Å²) in [5.74, 6) is -0.966. The molecule has 0 unspecified atom stereocenters. The van der Waals surface area contributed by atoms with Crippen molar-refractivity contribution < 1.29 is 8.78 Å². The predicted octanol–water partition coefficient (Wildman–Crippen LogP) is 2.86. The van der Waals surface area contributed by atoms with Gasteiger partial charge in [-0.15, -0.1) is 11.3 Å². The van der Waals surface area contributed by atoms with Gasteiger partial charge in [-0.1, -0.05) is 0 Å². The van der Waals surface area contributed by atoms with Crippen LogP contribution in [0.1, 0.15) is 9.88 Å². The molecule has 0 aliphatic rings. The largest absolute Gasteiger partial charge is 0.326 e. The van der Waals surface area contributed by atoms with E-state index in [9.17, 15) is 8.78 Å². The third kappa shape index (κ3) is 1.96. The number of aryl methyl sites for hydroxylation is 1. The summed E-state index contributed by atoms with van der Waals surface area (Å²) in [4.78, 5) is 4.95. The topological polar surface area (TPSA) is 38.9 Å². The molecule has 2 N–H and O–H groups in total. The van der Waals surface area contributed by atoms with E-state index in [0.717, 1.165) is 28.1 Å². The lowest BCUT2D eigenvalue weighted by Gasteiger charge is -2.02. The zero-order valence-corrected chi connectivity index (χ0v) is 9.44. The van der Waals surface area contributed by atoms with Crippen LogP contribution >= 0.6 is 11.3 Å². The van der Waals surface area contributed by atoms with Crippen molar-refractivity contribution in [3.63, 3.8) is 0 Å². The Bertz CT molecular complexity index is 523. The summed E-state index contributed by atoms with van der Waals surface area (Å²) in [6.45, 7) is 2.08. The lowest BCUT2D eigenvalue weighted by Crippen LogP contribution is -1.97. The molecule has 0 saturated carbocycles. The normalized spacial score (nSPS) is 10.8. The highest BCUT2D eigenvalue weighted by molar-refractivity contribution is 7.12. The number of rotatable bonds is 2. The van der Waals surface area contributed by atoms with Gasteiger partial charge in [-0.25, -0.2) is 13.8 Å². The van der Waals surface area contributed by atoms with Gasteiger partial charge in [0.25, 0.3) is 0 Å². The van der Waals surface area contributed by atoms with Crippen molar-refractivity contribution in [2.45, 2.75) is 13.5 Å². The average Bonchev–Trinajstić information content (AvgIpc) is 2.63. The SMILES string of the molecule is Cc1nc(-c2cc(F)ccc2F)c(CN)s1. The first-order chi connectivity index (χ1) is 7.61. The molecule has 5 heteroatoms. The number of thiazole rings is 1.